The topological polar surface area (TPSA) is 68.9 Å². The first kappa shape index (κ1) is 23.3. The third kappa shape index (κ3) is 4.94. The first-order chi connectivity index (χ1) is 14.9. The maximum Gasteiger partial charge on any atom is 0.416 e. The maximum atomic E-state index is 13.0. The summed E-state index contributed by atoms with van der Waals surface area (Å²) in [5, 5.41) is 7.39. The Bertz CT molecular complexity index is 1210. The summed E-state index contributed by atoms with van der Waals surface area (Å²) in [7, 11) is 0. The number of hydrogen-bond donors (Lipinski definition) is 1. The minimum absolute atomic E-state index is 0.270. The minimum atomic E-state index is -4.50. The number of benzene rings is 2. The zero-order valence-electron chi connectivity index (χ0n) is 17.3. The molecule has 3 rings (SSSR count). The second-order valence-electron chi connectivity index (χ2n) is 7.58. The van der Waals surface area contributed by atoms with Gasteiger partial charge in [0.25, 0.3) is 0 Å². The van der Waals surface area contributed by atoms with Crippen LogP contribution in [0.4, 0.5) is 13.2 Å². The third-order valence-electron chi connectivity index (χ3n) is 4.81. The summed E-state index contributed by atoms with van der Waals surface area (Å²) in [6.45, 7) is 6.33. The van der Waals surface area contributed by atoms with Gasteiger partial charge in [0.2, 0.25) is 5.91 Å². The van der Waals surface area contributed by atoms with Gasteiger partial charge in [0.05, 0.1) is 11.1 Å². The fourth-order valence-corrected chi connectivity index (χ4v) is 3.29. The van der Waals surface area contributed by atoms with E-state index in [2.05, 4.69) is 17.0 Å². The van der Waals surface area contributed by atoms with Crippen LogP contribution in [0.25, 0.3) is 17.6 Å². The van der Waals surface area contributed by atoms with Crippen molar-refractivity contribution >= 4 is 23.7 Å². The van der Waals surface area contributed by atoms with Crippen LogP contribution >= 0.6 is 11.6 Å². The first-order valence-corrected chi connectivity index (χ1v) is 9.87. The lowest BCUT2D eigenvalue weighted by molar-refractivity contribution is -0.137. The Labute approximate surface area is 186 Å². The Hall–Kier alpha value is -3.33. The normalized spacial score (nSPS) is 11.9. The van der Waals surface area contributed by atoms with Crippen molar-refractivity contribution in [2.45, 2.75) is 32.1 Å². The summed E-state index contributed by atoms with van der Waals surface area (Å²) in [6, 6.07) is 11.3. The highest BCUT2D eigenvalue weighted by atomic mass is 35.5. The van der Waals surface area contributed by atoms with Crippen LogP contribution in [0.3, 0.4) is 0 Å². The third-order valence-corrected chi connectivity index (χ3v) is 5.06. The lowest BCUT2D eigenvalue weighted by atomic mass is 9.92. The molecule has 2 aromatic carbocycles. The van der Waals surface area contributed by atoms with Gasteiger partial charge < -0.3 is 5.32 Å². The SMILES string of the molecule is C=Cn1c(-c2ccc(Cl)cc2)nn(CC(=O)NC(C)(C)c2cccc(C(F)(F)F)c2)c1=O. The molecule has 0 saturated heterocycles. The summed E-state index contributed by atoms with van der Waals surface area (Å²) in [6.07, 6.45) is -3.22. The molecule has 1 N–H and O–H groups in total. The van der Waals surface area contributed by atoms with Crippen LogP contribution in [0.2, 0.25) is 5.02 Å². The maximum absolute atomic E-state index is 13.0. The standard InChI is InChI=1S/C22H20ClF3N4O2/c1-4-29-19(14-8-10-17(23)11-9-14)28-30(20(29)32)13-18(31)27-21(2,3)15-6-5-7-16(12-15)22(24,25)26/h4-12H,1,13H2,2-3H3,(H,27,31). The Balaban J connectivity index is 1.84. The zero-order valence-corrected chi connectivity index (χ0v) is 18.0. The van der Waals surface area contributed by atoms with Crippen LogP contribution in [0, 0.1) is 0 Å². The molecule has 10 heteroatoms. The van der Waals surface area contributed by atoms with E-state index in [1.165, 1.54) is 22.9 Å². The van der Waals surface area contributed by atoms with E-state index in [4.69, 9.17) is 11.6 Å². The van der Waals surface area contributed by atoms with Gasteiger partial charge in [-0.05, 0) is 55.8 Å². The molecule has 3 aromatic rings. The van der Waals surface area contributed by atoms with Gasteiger partial charge in [-0.2, -0.15) is 13.2 Å². The van der Waals surface area contributed by atoms with Gasteiger partial charge in [-0.15, -0.1) is 5.10 Å². The monoisotopic (exact) mass is 464 g/mol. The number of nitrogens with one attached hydrogen (secondary N) is 1. The molecule has 1 aromatic heterocycles. The van der Waals surface area contributed by atoms with Crippen molar-refractivity contribution in [1.29, 1.82) is 0 Å². The number of halogens is 4. The van der Waals surface area contributed by atoms with Crippen molar-refractivity contribution in [3.05, 3.63) is 81.7 Å². The molecule has 6 nitrogen and oxygen atoms in total. The summed E-state index contributed by atoms with van der Waals surface area (Å²) in [5.41, 5.74) is -1.66. The number of aromatic nitrogens is 3. The number of rotatable bonds is 6. The molecule has 1 amide bonds. The average molecular weight is 465 g/mol. The number of nitrogens with zero attached hydrogens (tertiary/aromatic N) is 3. The molecule has 0 bridgehead atoms. The molecule has 0 unspecified atom stereocenters. The van der Waals surface area contributed by atoms with Crippen molar-refractivity contribution in [1.82, 2.24) is 19.7 Å². The van der Waals surface area contributed by atoms with E-state index in [0.29, 0.717) is 10.6 Å². The number of hydrogen-bond acceptors (Lipinski definition) is 3. The molecule has 0 spiro atoms. The molecule has 0 radical (unpaired) electrons. The highest BCUT2D eigenvalue weighted by molar-refractivity contribution is 6.30. The summed E-state index contributed by atoms with van der Waals surface area (Å²) in [4.78, 5) is 25.3. The van der Waals surface area contributed by atoms with Gasteiger partial charge in [0, 0.05) is 16.8 Å². The van der Waals surface area contributed by atoms with Gasteiger partial charge in [-0.1, -0.05) is 30.3 Å². The molecule has 0 aliphatic heterocycles. The second kappa shape index (κ2) is 8.66. The van der Waals surface area contributed by atoms with E-state index in [1.807, 2.05) is 0 Å². The van der Waals surface area contributed by atoms with E-state index in [9.17, 15) is 22.8 Å². The number of alkyl halides is 3. The summed E-state index contributed by atoms with van der Waals surface area (Å²) >= 11 is 5.90. The highest BCUT2D eigenvalue weighted by Gasteiger charge is 2.32. The fraction of sp³-hybridized carbons (Fsp3) is 0.227. The van der Waals surface area contributed by atoms with Crippen molar-refractivity contribution in [3.63, 3.8) is 0 Å². The molecule has 0 fully saturated rings. The van der Waals surface area contributed by atoms with Crippen LogP contribution < -0.4 is 11.0 Å². The molecule has 0 aliphatic rings. The highest BCUT2D eigenvalue weighted by Crippen LogP contribution is 2.32. The largest absolute Gasteiger partial charge is 0.416 e. The lowest BCUT2D eigenvalue weighted by Gasteiger charge is -2.27. The summed E-state index contributed by atoms with van der Waals surface area (Å²) < 4.78 is 41.3. The van der Waals surface area contributed by atoms with Crippen LogP contribution in [0.15, 0.2) is 59.9 Å². The van der Waals surface area contributed by atoms with Crippen molar-refractivity contribution < 1.29 is 18.0 Å². The zero-order chi connectivity index (χ0) is 23.7. The minimum Gasteiger partial charge on any atom is -0.346 e. The van der Waals surface area contributed by atoms with Crippen LogP contribution in [-0.4, -0.2) is 20.3 Å². The predicted octanol–water partition coefficient (Wildman–Crippen LogP) is 4.54. The van der Waals surface area contributed by atoms with Crippen molar-refractivity contribution in [2.24, 2.45) is 0 Å². The average Bonchev–Trinajstić information content (AvgIpc) is 3.02. The lowest BCUT2D eigenvalue weighted by Crippen LogP contribution is -2.44. The molecular weight excluding hydrogens is 445 g/mol. The molecule has 0 aliphatic carbocycles. The molecule has 0 saturated carbocycles. The molecule has 0 atom stereocenters. The van der Waals surface area contributed by atoms with Crippen LogP contribution in [-0.2, 0) is 23.1 Å². The van der Waals surface area contributed by atoms with Gasteiger partial charge in [-0.3, -0.25) is 9.36 Å². The van der Waals surface area contributed by atoms with E-state index in [0.717, 1.165) is 16.8 Å². The second-order valence-corrected chi connectivity index (χ2v) is 8.01. The predicted molar refractivity (Wildman–Crippen MR) is 116 cm³/mol. The van der Waals surface area contributed by atoms with Crippen molar-refractivity contribution in [2.75, 3.05) is 0 Å². The van der Waals surface area contributed by atoms with Gasteiger partial charge in [-0.25, -0.2) is 9.48 Å². The Morgan fingerprint density at radius 3 is 2.38 bits per heavy atom. The summed E-state index contributed by atoms with van der Waals surface area (Å²) in [5.74, 6) is -0.322. The Morgan fingerprint density at radius 2 is 1.78 bits per heavy atom. The number of carbonyl (C=O) groups excluding carboxylic acids is 1. The van der Waals surface area contributed by atoms with Crippen LogP contribution in [0.1, 0.15) is 25.0 Å². The van der Waals surface area contributed by atoms with Crippen LogP contribution in [0.5, 0.6) is 0 Å². The van der Waals surface area contributed by atoms with E-state index in [-0.39, 0.29) is 11.4 Å². The molecule has 32 heavy (non-hydrogen) atoms. The Morgan fingerprint density at radius 1 is 1.16 bits per heavy atom. The quantitative estimate of drug-likeness (QED) is 0.582. The fourth-order valence-electron chi connectivity index (χ4n) is 3.16. The molecule has 168 valence electrons. The number of carbonyl (C=O) groups is 1. The van der Waals surface area contributed by atoms with Gasteiger partial charge >= 0.3 is 11.9 Å². The number of amides is 1. The smallest absolute Gasteiger partial charge is 0.346 e. The van der Waals surface area contributed by atoms with E-state index >= 15 is 0 Å². The van der Waals surface area contributed by atoms with E-state index < -0.39 is 35.4 Å². The molecule has 1 heterocycles. The van der Waals surface area contributed by atoms with Gasteiger partial charge in [0.1, 0.15) is 6.54 Å². The first-order valence-electron chi connectivity index (χ1n) is 9.49. The molecular formula is C22H20ClF3N4O2. The van der Waals surface area contributed by atoms with Crippen molar-refractivity contribution in [3.8, 4) is 11.4 Å². The Kier molecular flexibility index (Phi) is 6.32. The van der Waals surface area contributed by atoms with E-state index in [1.54, 1.807) is 38.1 Å². The van der Waals surface area contributed by atoms with Gasteiger partial charge in [0.15, 0.2) is 5.82 Å².